The summed E-state index contributed by atoms with van der Waals surface area (Å²) in [5.74, 6) is -7.44. The van der Waals surface area contributed by atoms with E-state index in [2.05, 4.69) is 0 Å². The van der Waals surface area contributed by atoms with E-state index in [0.29, 0.717) is 16.1 Å². The topological polar surface area (TPSA) is 182 Å². The molecule has 0 saturated heterocycles. The van der Waals surface area contributed by atoms with Crippen LogP contribution in [0.25, 0.3) is 5.76 Å². The van der Waals surface area contributed by atoms with Crippen LogP contribution in [-0.2, 0) is 20.8 Å². The Balaban J connectivity index is 1.69. The molecule has 11 nitrogen and oxygen atoms in total. The first-order valence-electron chi connectivity index (χ1n) is 13.6. The number of aliphatic hydroxyl groups excluding tert-OH is 2. The Morgan fingerprint density at radius 3 is 2.23 bits per heavy atom. The smallest absolute Gasteiger partial charge is 0.255 e. The number of nitrogens with two attached hydrogens (primary N) is 1. The Labute approximate surface area is 252 Å². The van der Waals surface area contributed by atoms with Gasteiger partial charge in [0.15, 0.2) is 11.4 Å². The molecular formula is C31H33N3O8S. The molecule has 43 heavy (non-hydrogen) atoms. The molecule has 2 aromatic carbocycles. The first kappa shape index (κ1) is 30.3. The number of aromatic hydroxyl groups is 1. The van der Waals surface area contributed by atoms with Gasteiger partial charge in [-0.1, -0.05) is 17.7 Å². The van der Waals surface area contributed by atoms with Crippen LogP contribution in [0.15, 0.2) is 52.1 Å². The van der Waals surface area contributed by atoms with E-state index in [4.69, 9.17) is 5.73 Å². The number of fused-ring (bicyclic) bond motifs is 3. The highest BCUT2D eigenvalue weighted by atomic mass is 32.2. The van der Waals surface area contributed by atoms with Gasteiger partial charge in [0.25, 0.3) is 5.91 Å². The van der Waals surface area contributed by atoms with Crippen molar-refractivity contribution in [2.24, 2.45) is 17.6 Å². The number of primary amides is 1. The van der Waals surface area contributed by atoms with Crippen molar-refractivity contribution in [3.8, 4) is 5.75 Å². The lowest BCUT2D eigenvalue weighted by Crippen LogP contribution is -2.65. The Morgan fingerprint density at radius 2 is 1.67 bits per heavy atom. The number of amides is 1. The molecule has 0 radical (unpaired) electrons. The molecule has 0 spiro atoms. The number of ketones is 2. The lowest BCUT2D eigenvalue weighted by molar-refractivity contribution is -0.153. The van der Waals surface area contributed by atoms with Crippen LogP contribution in [0.4, 0.5) is 5.69 Å². The predicted molar refractivity (Wildman–Crippen MR) is 160 cm³/mol. The quantitative estimate of drug-likeness (QED) is 0.248. The normalized spacial score (nSPS) is 25.0. The molecule has 226 valence electrons. The predicted octanol–water partition coefficient (Wildman–Crippen LogP) is 2.27. The van der Waals surface area contributed by atoms with E-state index in [0.717, 1.165) is 17.3 Å². The zero-order chi connectivity index (χ0) is 31.7. The van der Waals surface area contributed by atoms with E-state index in [9.17, 15) is 39.6 Å². The number of nitrogens with zero attached hydrogens (tertiary/aromatic N) is 2. The summed E-state index contributed by atoms with van der Waals surface area (Å²) in [5, 5.41) is 45.3. The van der Waals surface area contributed by atoms with E-state index in [1.165, 1.54) is 11.0 Å². The van der Waals surface area contributed by atoms with Gasteiger partial charge in [-0.25, -0.2) is 0 Å². The van der Waals surface area contributed by atoms with Gasteiger partial charge in [0, 0.05) is 36.2 Å². The van der Waals surface area contributed by atoms with Gasteiger partial charge in [0.05, 0.1) is 17.2 Å². The van der Waals surface area contributed by atoms with Gasteiger partial charge >= 0.3 is 0 Å². The van der Waals surface area contributed by atoms with Crippen molar-refractivity contribution in [2.75, 3.05) is 33.1 Å². The van der Waals surface area contributed by atoms with Gasteiger partial charge < -0.3 is 31.1 Å². The molecule has 0 bridgehead atoms. The Kier molecular flexibility index (Phi) is 7.44. The number of aliphatic hydroxyl groups is 3. The monoisotopic (exact) mass is 607 g/mol. The molecule has 6 N–H and O–H groups in total. The average molecular weight is 608 g/mol. The molecule has 5 rings (SSSR count). The third-order valence-electron chi connectivity index (χ3n) is 8.63. The van der Waals surface area contributed by atoms with Gasteiger partial charge in [-0.15, -0.1) is 0 Å². The van der Waals surface area contributed by atoms with Crippen LogP contribution < -0.4 is 10.6 Å². The second kappa shape index (κ2) is 10.5. The molecule has 4 atom stereocenters. The summed E-state index contributed by atoms with van der Waals surface area (Å²) in [4.78, 5) is 56.8. The maximum absolute atomic E-state index is 14.1. The van der Waals surface area contributed by atoms with Crippen LogP contribution in [0, 0.1) is 18.8 Å². The Morgan fingerprint density at radius 1 is 1.05 bits per heavy atom. The number of Topliss-reactive ketones (excluding diaryl/α,β-unsaturated/α-hetero) is 2. The summed E-state index contributed by atoms with van der Waals surface area (Å²) in [6.07, 6.45) is 0.0958. The fourth-order valence-electron chi connectivity index (χ4n) is 6.61. The van der Waals surface area contributed by atoms with Crippen LogP contribution in [0.3, 0.4) is 0 Å². The van der Waals surface area contributed by atoms with Gasteiger partial charge in [0.1, 0.15) is 22.8 Å². The molecule has 1 fully saturated rings. The van der Waals surface area contributed by atoms with Crippen molar-refractivity contribution in [1.29, 1.82) is 0 Å². The number of thioether (sulfide) groups is 1. The molecule has 2 aromatic rings. The van der Waals surface area contributed by atoms with Crippen molar-refractivity contribution in [3.05, 3.63) is 69.5 Å². The second-order valence-electron chi connectivity index (χ2n) is 11.7. The first-order chi connectivity index (χ1) is 20.1. The fraction of sp³-hybridized carbons (Fsp3) is 0.355. The highest BCUT2D eigenvalue weighted by Crippen LogP contribution is 2.54. The zero-order valence-electron chi connectivity index (χ0n) is 24.3. The van der Waals surface area contributed by atoms with E-state index in [1.807, 2.05) is 19.1 Å². The Bertz CT molecular complexity index is 1660. The summed E-state index contributed by atoms with van der Waals surface area (Å²) in [6.45, 7) is 1.92. The van der Waals surface area contributed by atoms with E-state index in [1.54, 1.807) is 45.2 Å². The summed E-state index contributed by atoms with van der Waals surface area (Å²) < 4.78 is 0. The molecule has 12 heteroatoms. The van der Waals surface area contributed by atoms with Gasteiger partial charge in [0.2, 0.25) is 10.9 Å². The van der Waals surface area contributed by atoms with Gasteiger partial charge in [-0.2, -0.15) is 0 Å². The van der Waals surface area contributed by atoms with E-state index in [-0.39, 0.29) is 29.5 Å². The van der Waals surface area contributed by atoms with E-state index < -0.39 is 68.9 Å². The molecule has 0 unspecified atom stereocenters. The maximum atomic E-state index is 14.1. The van der Waals surface area contributed by atoms with Crippen LogP contribution in [0.5, 0.6) is 5.75 Å². The number of phenolic OH excluding ortho intramolecular Hbond substituents is 1. The highest BCUT2D eigenvalue weighted by Gasteiger charge is 2.64. The van der Waals surface area contributed by atoms with Crippen molar-refractivity contribution in [3.63, 3.8) is 0 Å². The molecule has 1 amide bonds. The standard InChI is InChI=1S/C31H33N3O8S/c1-13-6-8-15(9-7-13)43-30(41)17-12-19(33(2)3)16-10-14-11-18-23(34(4)5)26(37)22(29(32)40)28(39)31(18,42)27(38)20(14)25(36)21(16)24(17)35/h6-9,12,14,18,23,35-36,39,42H,10-11H2,1-5H3,(H2,32,40)/t14-,18-,23-,31-/m0/s1. The van der Waals surface area contributed by atoms with Crippen LogP contribution in [0.2, 0.25) is 0 Å². The van der Waals surface area contributed by atoms with Crippen LogP contribution in [0.1, 0.15) is 33.5 Å². The molecular weight excluding hydrogens is 574 g/mol. The second-order valence-corrected chi connectivity index (χ2v) is 12.8. The van der Waals surface area contributed by atoms with Crippen molar-refractivity contribution in [1.82, 2.24) is 4.90 Å². The SMILES string of the molecule is Cc1ccc(SC(=O)c2cc(N(C)C)c3c(c2O)C(O)=C2C(=O)[C@]4(O)C(O)=C(C(N)=O)C(=O)[C@@H](N(C)C)[C@@H]4C[C@@H]2C3)cc1. The van der Waals surface area contributed by atoms with Crippen LogP contribution in [-0.4, -0.2) is 87.7 Å². The molecule has 0 aliphatic heterocycles. The number of benzene rings is 2. The number of carbonyl (C=O) groups excluding carboxylic acids is 4. The summed E-state index contributed by atoms with van der Waals surface area (Å²) >= 11 is 0.894. The minimum atomic E-state index is -2.74. The van der Waals surface area contributed by atoms with Crippen LogP contribution >= 0.6 is 11.8 Å². The number of carbonyl (C=O) groups is 4. The number of phenols is 1. The average Bonchev–Trinajstić information content (AvgIpc) is 2.91. The van der Waals surface area contributed by atoms with Crippen molar-refractivity contribution in [2.45, 2.75) is 36.3 Å². The summed E-state index contributed by atoms with van der Waals surface area (Å²) in [6, 6.07) is 7.62. The van der Waals surface area contributed by atoms with Crippen molar-refractivity contribution < 1.29 is 39.6 Å². The summed E-state index contributed by atoms with van der Waals surface area (Å²) in [7, 11) is 6.57. The fourth-order valence-corrected chi connectivity index (χ4v) is 7.37. The van der Waals surface area contributed by atoms with E-state index >= 15 is 0 Å². The third kappa shape index (κ3) is 4.52. The van der Waals surface area contributed by atoms with Gasteiger partial charge in [-0.05, 0) is 75.3 Å². The molecule has 3 aliphatic carbocycles. The number of aryl methyl sites for hydroxylation is 1. The van der Waals surface area contributed by atoms with Crippen molar-refractivity contribution >= 4 is 45.8 Å². The number of anilines is 1. The third-order valence-corrected chi connectivity index (χ3v) is 9.54. The molecule has 0 heterocycles. The molecule has 1 saturated carbocycles. The minimum Gasteiger partial charge on any atom is -0.508 e. The lowest BCUT2D eigenvalue weighted by atomic mass is 9.57. The molecule has 3 aliphatic rings. The number of hydrogen-bond acceptors (Lipinski definition) is 11. The molecule has 0 aromatic heterocycles. The van der Waals surface area contributed by atoms with Gasteiger partial charge in [-0.3, -0.25) is 24.1 Å². The maximum Gasteiger partial charge on any atom is 0.255 e. The number of hydrogen-bond donors (Lipinski definition) is 5. The zero-order valence-corrected chi connectivity index (χ0v) is 25.2. The largest absolute Gasteiger partial charge is 0.508 e. The minimum absolute atomic E-state index is 0.0245. The first-order valence-corrected chi connectivity index (χ1v) is 14.4. The highest BCUT2D eigenvalue weighted by molar-refractivity contribution is 8.14. The lowest BCUT2D eigenvalue weighted by Gasteiger charge is -2.50. The number of rotatable bonds is 5. The Hall–Kier alpha value is -4.13. The number of likely N-dealkylation sites (N-methyl/N-ethyl adjacent to an activating group) is 1. The summed E-state index contributed by atoms with van der Waals surface area (Å²) in [5.41, 5.74) is 3.29.